The van der Waals surface area contributed by atoms with E-state index in [9.17, 15) is 9.59 Å². The van der Waals surface area contributed by atoms with E-state index in [2.05, 4.69) is 24.4 Å². The summed E-state index contributed by atoms with van der Waals surface area (Å²) in [6.07, 6.45) is 1.20. The first-order valence-corrected chi connectivity index (χ1v) is 14.4. The molecule has 4 nitrogen and oxygen atoms in total. The van der Waals surface area contributed by atoms with Crippen molar-refractivity contribution < 1.29 is 9.59 Å². The van der Waals surface area contributed by atoms with E-state index in [1.807, 2.05) is 62.4 Å². The number of rotatable bonds is 12. The van der Waals surface area contributed by atoms with E-state index in [1.54, 1.807) is 28.8 Å². The number of aryl methyl sites for hydroxylation is 1. The second-order valence-electron chi connectivity index (χ2n) is 9.20. The fourth-order valence-electron chi connectivity index (χ4n) is 3.93. The van der Waals surface area contributed by atoms with Gasteiger partial charge in [0.1, 0.15) is 6.04 Å². The third kappa shape index (κ3) is 8.80. The lowest BCUT2D eigenvalue weighted by atomic mass is 10.0. The van der Waals surface area contributed by atoms with E-state index in [0.29, 0.717) is 16.5 Å². The Kier molecular flexibility index (Phi) is 11.4. The van der Waals surface area contributed by atoms with E-state index in [-0.39, 0.29) is 30.2 Å². The normalized spacial score (nSPS) is 12.6. The molecule has 0 saturated heterocycles. The van der Waals surface area contributed by atoms with Gasteiger partial charge in [-0.2, -0.15) is 0 Å². The number of thioether (sulfide) groups is 1. The largest absolute Gasteiger partial charge is 0.352 e. The van der Waals surface area contributed by atoms with Crippen molar-refractivity contribution in [2.24, 2.45) is 0 Å². The predicted molar refractivity (Wildman–Crippen MR) is 156 cm³/mol. The first kappa shape index (κ1) is 29.1. The van der Waals surface area contributed by atoms with Gasteiger partial charge in [0.15, 0.2) is 0 Å². The molecule has 2 amide bonds. The van der Waals surface area contributed by atoms with Crippen molar-refractivity contribution in [2.45, 2.75) is 58.0 Å². The molecule has 0 bridgehead atoms. The van der Waals surface area contributed by atoms with Gasteiger partial charge < -0.3 is 10.2 Å². The van der Waals surface area contributed by atoms with Crippen LogP contribution in [-0.2, 0) is 28.3 Å². The third-order valence-corrected chi connectivity index (χ3v) is 7.93. The molecule has 0 heterocycles. The molecule has 0 aliphatic rings. The van der Waals surface area contributed by atoms with E-state index < -0.39 is 6.04 Å². The summed E-state index contributed by atoms with van der Waals surface area (Å²) in [5, 5.41) is 4.09. The molecule has 3 aromatic rings. The SMILES string of the molecule is CC[C@H](C)NC(=O)[C@H](Cc1ccccc1)N(Cc1ccc(Cl)cc1Cl)C(=O)CSCc1ccccc1C. The second-order valence-corrected chi connectivity index (χ2v) is 11.0. The first-order valence-electron chi connectivity index (χ1n) is 12.5. The lowest BCUT2D eigenvalue weighted by Crippen LogP contribution is -2.52. The Morgan fingerprint density at radius 2 is 1.68 bits per heavy atom. The van der Waals surface area contributed by atoms with Crippen LogP contribution < -0.4 is 5.32 Å². The number of hydrogen-bond donors (Lipinski definition) is 1. The highest BCUT2D eigenvalue weighted by Crippen LogP contribution is 2.25. The van der Waals surface area contributed by atoms with Crippen LogP contribution in [0.4, 0.5) is 0 Å². The summed E-state index contributed by atoms with van der Waals surface area (Å²) < 4.78 is 0. The van der Waals surface area contributed by atoms with Crippen LogP contribution in [0.1, 0.15) is 42.5 Å². The number of carbonyl (C=O) groups excluding carboxylic acids is 2. The summed E-state index contributed by atoms with van der Waals surface area (Å²) in [5.74, 6) is 0.697. The Balaban J connectivity index is 1.89. The number of hydrogen-bond acceptors (Lipinski definition) is 3. The van der Waals surface area contributed by atoms with Crippen LogP contribution in [0.5, 0.6) is 0 Å². The van der Waals surface area contributed by atoms with Crippen molar-refractivity contribution in [3.8, 4) is 0 Å². The standard InChI is InChI=1S/C30H34Cl2N2O2S/c1-4-22(3)33-30(36)28(16-23-11-6-5-7-12-23)34(18-24-14-15-26(31)17-27(24)32)29(35)20-37-19-25-13-9-8-10-21(25)2/h5-15,17,22,28H,4,16,18-20H2,1-3H3,(H,33,36)/t22-,28-/m0/s1. The molecule has 3 aromatic carbocycles. The van der Waals surface area contributed by atoms with Crippen molar-refractivity contribution in [1.82, 2.24) is 10.2 Å². The van der Waals surface area contributed by atoms with Gasteiger partial charge in [0.05, 0.1) is 5.75 Å². The maximum absolute atomic E-state index is 13.7. The summed E-state index contributed by atoms with van der Waals surface area (Å²) >= 11 is 14.2. The molecule has 0 aromatic heterocycles. The number of carbonyl (C=O) groups is 2. The minimum atomic E-state index is -0.685. The van der Waals surface area contributed by atoms with E-state index in [0.717, 1.165) is 23.3 Å². The number of nitrogens with one attached hydrogen (secondary N) is 1. The number of benzene rings is 3. The van der Waals surface area contributed by atoms with Crippen molar-refractivity contribution in [2.75, 3.05) is 5.75 Å². The molecule has 0 unspecified atom stereocenters. The van der Waals surface area contributed by atoms with Crippen LogP contribution in [-0.4, -0.2) is 34.6 Å². The van der Waals surface area contributed by atoms with Crippen LogP contribution in [0.3, 0.4) is 0 Å². The zero-order valence-electron chi connectivity index (χ0n) is 21.5. The van der Waals surface area contributed by atoms with E-state index >= 15 is 0 Å². The summed E-state index contributed by atoms with van der Waals surface area (Å²) in [6.45, 7) is 6.28. The van der Waals surface area contributed by atoms with Gasteiger partial charge in [-0.3, -0.25) is 9.59 Å². The summed E-state index contributed by atoms with van der Waals surface area (Å²) in [5.41, 5.74) is 4.13. The highest BCUT2D eigenvalue weighted by atomic mass is 35.5. The highest BCUT2D eigenvalue weighted by Gasteiger charge is 2.31. The molecule has 1 N–H and O–H groups in total. The summed E-state index contributed by atoms with van der Waals surface area (Å²) in [7, 11) is 0. The first-order chi connectivity index (χ1) is 17.8. The quantitative estimate of drug-likeness (QED) is 0.259. The molecule has 37 heavy (non-hydrogen) atoms. The molecule has 0 saturated carbocycles. The smallest absolute Gasteiger partial charge is 0.243 e. The van der Waals surface area contributed by atoms with Gasteiger partial charge in [-0.1, -0.05) is 90.8 Å². The lowest BCUT2D eigenvalue weighted by Gasteiger charge is -2.32. The zero-order chi connectivity index (χ0) is 26.8. The maximum Gasteiger partial charge on any atom is 0.243 e. The Bertz CT molecular complexity index is 1190. The van der Waals surface area contributed by atoms with Crippen LogP contribution in [0.2, 0.25) is 10.0 Å². The van der Waals surface area contributed by atoms with Crippen LogP contribution in [0.25, 0.3) is 0 Å². The van der Waals surface area contributed by atoms with Crippen LogP contribution >= 0.6 is 35.0 Å². The van der Waals surface area contributed by atoms with Crippen LogP contribution in [0, 0.1) is 6.92 Å². The Labute approximate surface area is 234 Å². The molecule has 0 radical (unpaired) electrons. The van der Waals surface area contributed by atoms with Crippen molar-refractivity contribution in [3.05, 3.63) is 105 Å². The van der Waals surface area contributed by atoms with Gasteiger partial charge in [-0.25, -0.2) is 0 Å². The lowest BCUT2D eigenvalue weighted by molar-refractivity contribution is -0.139. The molecule has 0 spiro atoms. The molecule has 2 atom stereocenters. The molecule has 196 valence electrons. The van der Waals surface area contributed by atoms with Crippen molar-refractivity contribution in [1.29, 1.82) is 0 Å². The van der Waals surface area contributed by atoms with Gasteiger partial charge in [0.25, 0.3) is 0 Å². The predicted octanol–water partition coefficient (Wildman–Crippen LogP) is 7.09. The van der Waals surface area contributed by atoms with Crippen molar-refractivity contribution in [3.63, 3.8) is 0 Å². The molecular formula is C30H34Cl2N2O2S. The number of nitrogens with zero attached hydrogens (tertiary/aromatic N) is 1. The third-order valence-electron chi connectivity index (χ3n) is 6.37. The van der Waals surface area contributed by atoms with Gasteiger partial charge in [-0.15, -0.1) is 11.8 Å². The maximum atomic E-state index is 13.7. The zero-order valence-corrected chi connectivity index (χ0v) is 23.9. The minimum absolute atomic E-state index is 0.00252. The summed E-state index contributed by atoms with van der Waals surface area (Å²) in [4.78, 5) is 29.0. The average molecular weight is 558 g/mol. The van der Waals surface area contributed by atoms with Crippen molar-refractivity contribution >= 4 is 46.8 Å². The molecular weight excluding hydrogens is 523 g/mol. The molecule has 3 rings (SSSR count). The fourth-order valence-corrected chi connectivity index (χ4v) is 5.39. The van der Waals surface area contributed by atoms with Gasteiger partial charge in [0.2, 0.25) is 11.8 Å². The summed E-state index contributed by atoms with van der Waals surface area (Å²) in [6, 6.07) is 22.5. The Hall–Kier alpha value is -2.47. The second kappa shape index (κ2) is 14.5. The van der Waals surface area contributed by atoms with E-state index in [1.165, 1.54) is 11.1 Å². The highest BCUT2D eigenvalue weighted by molar-refractivity contribution is 7.99. The van der Waals surface area contributed by atoms with Gasteiger partial charge in [0, 0.05) is 34.8 Å². The average Bonchev–Trinajstić information content (AvgIpc) is 2.88. The van der Waals surface area contributed by atoms with Gasteiger partial charge >= 0.3 is 0 Å². The van der Waals surface area contributed by atoms with Gasteiger partial charge in [-0.05, 0) is 54.7 Å². The fraction of sp³-hybridized carbons (Fsp3) is 0.333. The monoisotopic (exact) mass is 556 g/mol. The molecule has 7 heteroatoms. The molecule has 0 aliphatic carbocycles. The minimum Gasteiger partial charge on any atom is -0.352 e. The van der Waals surface area contributed by atoms with Crippen LogP contribution in [0.15, 0.2) is 72.8 Å². The molecule has 0 aliphatic heterocycles. The Morgan fingerprint density at radius 3 is 2.35 bits per heavy atom. The van der Waals surface area contributed by atoms with E-state index in [4.69, 9.17) is 23.2 Å². The number of halogens is 2. The Morgan fingerprint density at radius 1 is 0.973 bits per heavy atom. The molecule has 0 fully saturated rings. The topological polar surface area (TPSA) is 49.4 Å². The number of amides is 2.